The smallest absolute Gasteiger partial charge is 0.0587 e. The number of benzene rings is 1. The van der Waals surface area contributed by atoms with Crippen LogP contribution in [0, 0.1) is 12.3 Å². The van der Waals surface area contributed by atoms with E-state index < -0.39 is 0 Å². The Kier molecular flexibility index (Phi) is 7.11. The Morgan fingerprint density at radius 1 is 1.21 bits per heavy atom. The molecule has 0 aromatic heterocycles. The summed E-state index contributed by atoms with van der Waals surface area (Å²) in [6.07, 6.45) is 3.62. The summed E-state index contributed by atoms with van der Waals surface area (Å²) >= 11 is 0. The number of nitrogens with one attached hydrogen (secondary N) is 1. The maximum absolute atomic E-state index is 5.09. The molecule has 1 rings (SSSR count). The molecule has 1 atom stereocenters. The molecule has 1 N–H and O–H groups in total. The molecule has 0 aliphatic carbocycles. The minimum atomic E-state index is 0.331. The quantitative estimate of drug-likeness (QED) is 0.688. The van der Waals surface area contributed by atoms with E-state index in [0.717, 1.165) is 26.1 Å². The average molecular weight is 263 g/mol. The standard InChI is InChI=1S/C17H29NO/c1-5-10-17(3,14-18-11-12-19-4)13-16-8-6-15(2)7-9-16/h6-9,18H,5,10-14H2,1-4H3. The third kappa shape index (κ3) is 6.22. The third-order valence-electron chi connectivity index (χ3n) is 3.64. The average Bonchev–Trinajstić information content (AvgIpc) is 2.38. The van der Waals surface area contributed by atoms with Gasteiger partial charge in [-0.2, -0.15) is 0 Å². The first-order valence-electron chi connectivity index (χ1n) is 7.35. The summed E-state index contributed by atoms with van der Waals surface area (Å²) in [7, 11) is 1.75. The molecular formula is C17H29NO. The largest absolute Gasteiger partial charge is 0.383 e. The lowest BCUT2D eigenvalue weighted by molar-refractivity contribution is 0.190. The molecule has 0 bridgehead atoms. The third-order valence-corrected chi connectivity index (χ3v) is 3.64. The molecular weight excluding hydrogens is 234 g/mol. The Morgan fingerprint density at radius 2 is 1.89 bits per heavy atom. The van der Waals surface area contributed by atoms with Crippen molar-refractivity contribution in [3.8, 4) is 0 Å². The van der Waals surface area contributed by atoms with Gasteiger partial charge in [0.15, 0.2) is 0 Å². The Morgan fingerprint density at radius 3 is 2.47 bits per heavy atom. The van der Waals surface area contributed by atoms with Crippen molar-refractivity contribution in [3.63, 3.8) is 0 Å². The van der Waals surface area contributed by atoms with Crippen molar-refractivity contribution in [2.24, 2.45) is 5.41 Å². The minimum Gasteiger partial charge on any atom is -0.383 e. The van der Waals surface area contributed by atoms with E-state index in [1.807, 2.05) is 0 Å². The number of ether oxygens (including phenoxy) is 1. The first-order valence-corrected chi connectivity index (χ1v) is 7.35. The van der Waals surface area contributed by atoms with Gasteiger partial charge in [0.05, 0.1) is 6.61 Å². The summed E-state index contributed by atoms with van der Waals surface area (Å²) in [5.41, 5.74) is 3.10. The highest BCUT2D eigenvalue weighted by molar-refractivity contribution is 5.22. The Labute approximate surface area is 118 Å². The lowest BCUT2D eigenvalue weighted by atomic mass is 9.79. The fourth-order valence-electron chi connectivity index (χ4n) is 2.61. The number of rotatable bonds is 9. The summed E-state index contributed by atoms with van der Waals surface area (Å²) in [6, 6.07) is 8.94. The molecule has 0 saturated carbocycles. The molecule has 0 spiro atoms. The van der Waals surface area contributed by atoms with Crippen LogP contribution in [0.5, 0.6) is 0 Å². The van der Waals surface area contributed by atoms with Crippen molar-refractivity contribution >= 4 is 0 Å². The van der Waals surface area contributed by atoms with Crippen molar-refractivity contribution in [2.75, 3.05) is 26.8 Å². The molecule has 19 heavy (non-hydrogen) atoms. The zero-order valence-electron chi connectivity index (χ0n) is 13.0. The highest BCUT2D eigenvalue weighted by Gasteiger charge is 2.23. The van der Waals surface area contributed by atoms with Crippen molar-refractivity contribution < 1.29 is 4.74 Å². The van der Waals surface area contributed by atoms with E-state index in [9.17, 15) is 0 Å². The van der Waals surface area contributed by atoms with Gasteiger partial charge in [-0.05, 0) is 30.7 Å². The normalized spacial score (nSPS) is 14.3. The number of aryl methyl sites for hydroxylation is 1. The number of hydrogen-bond donors (Lipinski definition) is 1. The molecule has 0 radical (unpaired) electrons. The van der Waals surface area contributed by atoms with E-state index in [0.29, 0.717) is 5.41 Å². The first kappa shape index (κ1) is 16.2. The van der Waals surface area contributed by atoms with Gasteiger partial charge in [-0.3, -0.25) is 0 Å². The molecule has 0 fully saturated rings. The van der Waals surface area contributed by atoms with Gasteiger partial charge >= 0.3 is 0 Å². The topological polar surface area (TPSA) is 21.3 Å². The van der Waals surface area contributed by atoms with Crippen LogP contribution in [-0.2, 0) is 11.2 Å². The molecule has 0 amide bonds. The molecule has 0 heterocycles. The van der Waals surface area contributed by atoms with Gasteiger partial charge in [-0.25, -0.2) is 0 Å². The molecule has 2 nitrogen and oxygen atoms in total. The van der Waals surface area contributed by atoms with Crippen LogP contribution in [0.3, 0.4) is 0 Å². The second kappa shape index (κ2) is 8.34. The van der Waals surface area contributed by atoms with E-state index in [4.69, 9.17) is 4.74 Å². The molecule has 1 aromatic rings. The Bertz CT molecular complexity index is 347. The first-order chi connectivity index (χ1) is 9.09. The van der Waals surface area contributed by atoms with E-state index in [2.05, 4.69) is 50.4 Å². The lowest BCUT2D eigenvalue weighted by Gasteiger charge is -2.30. The molecule has 0 saturated heterocycles. The summed E-state index contributed by atoms with van der Waals surface area (Å²) in [5.74, 6) is 0. The Hall–Kier alpha value is -0.860. The van der Waals surface area contributed by atoms with E-state index in [1.165, 1.54) is 24.0 Å². The van der Waals surface area contributed by atoms with Gasteiger partial charge in [0, 0.05) is 20.2 Å². The number of methoxy groups -OCH3 is 1. The van der Waals surface area contributed by atoms with Crippen LogP contribution in [0.1, 0.15) is 37.8 Å². The van der Waals surface area contributed by atoms with Gasteiger partial charge in [0.2, 0.25) is 0 Å². The maximum Gasteiger partial charge on any atom is 0.0587 e. The lowest BCUT2D eigenvalue weighted by Crippen LogP contribution is -2.35. The van der Waals surface area contributed by atoms with E-state index in [-0.39, 0.29) is 0 Å². The van der Waals surface area contributed by atoms with Crippen molar-refractivity contribution in [1.29, 1.82) is 0 Å². The summed E-state index contributed by atoms with van der Waals surface area (Å²) in [4.78, 5) is 0. The Balaban J connectivity index is 2.56. The molecule has 1 unspecified atom stereocenters. The predicted octanol–water partition coefficient (Wildman–Crippen LogP) is 3.58. The monoisotopic (exact) mass is 263 g/mol. The van der Waals surface area contributed by atoms with Crippen LogP contribution < -0.4 is 5.32 Å². The summed E-state index contributed by atoms with van der Waals surface area (Å²) in [6.45, 7) is 9.56. The SMILES string of the molecule is CCCC(C)(CNCCOC)Cc1ccc(C)cc1. The zero-order valence-corrected chi connectivity index (χ0v) is 13.0. The molecule has 0 aliphatic heterocycles. The fraction of sp³-hybridized carbons (Fsp3) is 0.647. The van der Waals surface area contributed by atoms with Crippen LogP contribution in [0.2, 0.25) is 0 Å². The van der Waals surface area contributed by atoms with Crippen molar-refractivity contribution in [1.82, 2.24) is 5.32 Å². The van der Waals surface area contributed by atoms with E-state index in [1.54, 1.807) is 7.11 Å². The van der Waals surface area contributed by atoms with Crippen LogP contribution in [0.4, 0.5) is 0 Å². The zero-order chi connectivity index (χ0) is 14.1. The molecule has 108 valence electrons. The minimum absolute atomic E-state index is 0.331. The highest BCUT2D eigenvalue weighted by Crippen LogP contribution is 2.27. The second-order valence-electron chi connectivity index (χ2n) is 5.89. The van der Waals surface area contributed by atoms with Crippen molar-refractivity contribution in [3.05, 3.63) is 35.4 Å². The second-order valence-corrected chi connectivity index (χ2v) is 5.89. The highest BCUT2D eigenvalue weighted by atomic mass is 16.5. The maximum atomic E-state index is 5.09. The summed E-state index contributed by atoms with van der Waals surface area (Å²) in [5, 5.41) is 3.52. The van der Waals surface area contributed by atoms with Crippen LogP contribution in [0.15, 0.2) is 24.3 Å². The van der Waals surface area contributed by atoms with Crippen LogP contribution in [0.25, 0.3) is 0 Å². The summed E-state index contributed by atoms with van der Waals surface area (Å²) < 4.78 is 5.09. The van der Waals surface area contributed by atoms with E-state index >= 15 is 0 Å². The van der Waals surface area contributed by atoms with Gasteiger partial charge < -0.3 is 10.1 Å². The molecule has 2 heteroatoms. The van der Waals surface area contributed by atoms with Gasteiger partial charge in [0.25, 0.3) is 0 Å². The van der Waals surface area contributed by atoms with Gasteiger partial charge in [-0.1, -0.05) is 50.1 Å². The number of hydrogen-bond acceptors (Lipinski definition) is 2. The van der Waals surface area contributed by atoms with Crippen LogP contribution >= 0.6 is 0 Å². The van der Waals surface area contributed by atoms with Gasteiger partial charge in [0.1, 0.15) is 0 Å². The fourth-order valence-corrected chi connectivity index (χ4v) is 2.61. The predicted molar refractivity (Wildman–Crippen MR) is 82.6 cm³/mol. The molecule has 1 aromatic carbocycles. The van der Waals surface area contributed by atoms with Crippen molar-refractivity contribution in [2.45, 2.75) is 40.0 Å². The van der Waals surface area contributed by atoms with Gasteiger partial charge in [-0.15, -0.1) is 0 Å². The van der Waals surface area contributed by atoms with Crippen LogP contribution in [-0.4, -0.2) is 26.8 Å². The molecule has 0 aliphatic rings.